The van der Waals surface area contributed by atoms with Gasteiger partial charge in [0.25, 0.3) is 0 Å². The molecule has 2 aromatic carbocycles. The Morgan fingerprint density at radius 2 is 2.08 bits per heavy atom. The van der Waals surface area contributed by atoms with Crippen molar-refractivity contribution in [3.05, 3.63) is 58.6 Å². The second kappa shape index (κ2) is 6.49. The van der Waals surface area contributed by atoms with Gasteiger partial charge in [0, 0.05) is 18.1 Å². The number of halogens is 1. The fourth-order valence-corrected chi connectivity index (χ4v) is 3.92. The molecule has 4 rings (SSSR count). The number of rotatable bonds is 3. The molecule has 0 saturated carbocycles. The number of imidazole rings is 1. The van der Waals surface area contributed by atoms with Crippen molar-refractivity contribution in [2.45, 2.75) is 18.1 Å². The molecule has 3 aromatic rings. The number of nitrogens with zero attached hydrogens (tertiary/aromatic N) is 2. The van der Waals surface area contributed by atoms with Crippen molar-refractivity contribution in [1.29, 1.82) is 0 Å². The van der Waals surface area contributed by atoms with Crippen LogP contribution in [-0.2, 0) is 17.8 Å². The summed E-state index contributed by atoms with van der Waals surface area (Å²) in [5, 5.41) is 1.42. The minimum Gasteiger partial charge on any atom is -0.337 e. The molecule has 0 bridgehead atoms. The number of fused-ring (bicyclic) bond motifs is 2. The average Bonchev–Trinajstić information content (AvgIpc) is 3.01. The number of hydrogen-bond donors (Lipinski definition) is 1. The lowest BCUT2D eigenvalue weighted by Crippen LogP contribution is -2.37. The van der Waals surface area contributed by atoms with Crippen LogP contribution in [0.25, 0.3) is 11.0 Å². The average molecular weight is 358 g/mol. The van der Waals surface area contributed by atoms with Gasteiger partial charge in [0.15, 0.2) is 5.16 Å². The Balaban J connectivity index is 1.41. The maximum Gasteiger partial charge on any atom is 0.233 e. The van der Waals surface area contributed by atoms with E-state index >= 15 is 0 Å². The van der Waals surface area contributed by atoms with Crippen LogP contribution in [0.2, 0.25) is 5.02 Å². The van der Waals surface area contributed by atoms with Gasteiger partial charge in [-0.25, -0.2) is 4.98 Å². The van der Waals surface area contributed by atoms with E-state index in [1.807, 2.05) is 29.2 Å². The van der Waals surface area contributed by atoms with Crippen LogP contribution >= 0.6 is 23.4 Å². The Morgan fingerprint density at radius 1 is 1.25 bits per heavy atom. The molecule has 122 valence electrons. The summed E-state index contributed by atoms with van der Waals surface area (Å²) in [6.45, 7) is 1.48. The van der Waals surface area contributed by atoms with Crippen molar-refractivity contribution in [3.8, 4) is 0 Å². The topological polar surface area (TPSA) is 49.0 Å². The van der Waals surface area contributed by atoms with Crippen LogP contribution in [0.4, 0.5) is 0 Å². The predicted octanol–water partition coefficient (Wildman–Crippen LogP) is 3.89. The number of nitrogens with one attached hydrogen (secondary N) is 1. The zero-order valence-corrected chi connectivity index (χ0v) is 14.5. The summed E-state index contributed by atoms with van der Waals surface area (Å²) < 4.78 is 0. The number of carbonyl (C=O) groups excluding carboxylic acids is 1. The lowest BCUT2D eigenvalue weighted by molar-refractivity contribution is -0.129. The van der Waals surface area contributed by atoms with Crippen LogP contribution in [0, 0.1) is 0 Å². The molecule has 2 heterocycles. The van der Waals surface area contributed by atoms with Gasteiger partial charge in [-0.15, -0.1) is 0 Å². The molecule has 1 amide bonds. The Morgan fingerprint density at radius 3 is 2.96 bits per heavy atom. The van der Waals surface area contributed by atoms with Gasteiger partial charge in [0.1, 0.15) is 0 Å². The second-order valence-electron chi connectivity index (χ2n) is 5.83. The maximum atomic E-state index is 12.5. The van der Waals surface area contributed by atoms with E-state index in [2.05, 4.69) is 28.2 Å². The maximum absolute atomic E-state index is 12.5. The molecular formula is C18H16ClN3OS. The summed E-state index contributed by atoms with van der Waals surface area (Å²) in [5.74, 6) is 0.531. The van der Waals surface area contributed by atoms with E-state index in [-0.39, 0.29) is 5.91 Å². The molecular weight excluding hydrogens is 342 g/mol. The fraction of sp³-hybridized carbons (Fsp3) is 0.222. The summed E-state index contributed by atoms with van der Waals surface area (Å²) in [5.41, 5.74) is 4.36. The van der Waals surface area contributed by atoms with Crippen molar-refractivity contribution < 1.29 is 4.79 Å². The van der Waals surface area contributed by atoms with Gasteiger partial charge < -0.3 is 9.88 Å². The first-order valence-electron chi connectivity index (χ1n) is 7.82. The van der Waals surface area contributed by atoms with Crippen molar-refractivity contribution in [2.75, 3.05) is 12.3 Å². The number of aromatic amines is 1. The van der Waals surface area contributed by atoms with E-state index < -0.39 is 0 Å². The lowest BCUT2D eigenvalue weighted by Gasteiger charge is -2.28. The van der Waals surface area contributed by atoms with Gasteiger partial charge in [0.2, 0.25) is 5.91 Å². The van der Waals surface area contributed by atoms with Gasteiger partial charge in [-0.3, -0.25) is 4.79 Å². The monoisotopic (exact) mass is 357 g/mol. The number of amides is 1. The Kier molecular flexibility index (Phi) is 4.21. The van der Waals surface area contributed by atoms with Crippen LogP contribution in [-0.4, -0.2) is 33.1 Å². The van der Waals surface area contributed by atoms with Crippen molar-refractivity contribution in [3.63, 3.8) is 0 Å². The van der Waals surface area contributed by atoms with Gasteiger partial charge in [0.05, 0.1) is 16.8 Å². The minimum absolute atomic E-state index is 0.146. The Labute approximate surface area is 149 Å². The standard InChI is InChI=1S/C18H16ClN3OS/c19-14-5-6-15-16(9-14)21-18(20-15)24-11-17(23)22-8-7-12-3-1-2-4-13(12)10-22/h1-6,9H,7-8,10-11H2,(H,20,21). The Hall–Kier alpha value is -1.98. The minimum atomic E-state index is 0.146. The van der Waals surface area contributed by atoms with Gasteiger partial charge in [-0.05, 0) is 35.7 Å². The molecule has 4 nitrogen and oxygen atoms in total. The van der Waals surface area contributed by atoms with Gasteiger partial charge in [-0.2, -0.15) is 0 Å². The molecule has 1 aromatic heterocycles. The number of benzene rings is 2. The van der Waals surface area contributed by atoms with E-state index in [1.54, 1.807) is 0 Å². The molecule has 0 unspecified atom stereocenters. The molecule has 1 N–H and O–H groups in total. The first kappa shape index (κ1) is 15.5. The normalized spacial score (nSPS) is 14.0. The van der Waals surface area contributed by atoms with Crippen molar-refractivity contribution in [1.82, 2.24) is 14.9 Å². The Bertz CT molecular complexity index is 908. The molecule has 0 fully saturated rings. The summed E-state index contributed by atoms with van der Waals surface area (Å²) in [7, 11) is 0. The molecule has 1 aliphatic rings. The third kappa shape index (κ3) is 3.14. The summed E-state index contributed by atoms with van der Waals surface area (Å²) in [6, 6.07) is 13.9. The van der Waals surface area contributed by atoms with E-state index in [0.717, 1.165) is 29.2 Å². The third-order valence-electron chi connectivity index (χ3n) is 4.24. The highest BCUT2D eigenvalue weighted by molar-refractivity contribution is 7.99. The van der Waals surface area contributed by atoms with Crippen LogP contribution in [0.5, 0.6) is 0 Å². The molecule has 6 heteroatoms. The number of hydrogen-bond acceptors (Lipinski definition) is 3. The quantitative estimate of drug-likeness (QED) is 0.723. The van der Waals surface area contributed by atoms with Crippen LogP contribution in [0.1, 0.15) is 11.1 Å². The van der Waals surface area contributed by atoms with E-state index in [0.29, 0.717) is 17.3 Å². The molecule has 1 aliphatic heterocycles. The smallest absolute Gasteiger partial charge is 0.233 e. The first-order valence-corrected chi connectivity index (χ1v) is 9.18. The van der Waals surface area contributed by atoms with Crippen molar-refractivity contribution in [2.24, 2.45) is 0 Å². The highest BCUT2D eigenvalue weighted by Crippen LogP contribution is 2.24. The van der Waals surface area contributed by atoms with Crippen molar-refractivity contribution >= 4 is 40.3 Å². The number of aromatic nitrogens is 2. The molecule has 0 spiro atoms. The highest BCUT2D eigenvalue weighted by atomic mass is 35.5. The molecule has 0 atom stereocenters. The fourth-order valence-electron chi connectivity index (χ4n) is 2.96. The highest BCUT2D eigenvalue weighted by Gasteiger charge is 2.20. The molecule has 0 aliphatic carbocycles. The second-order valence-corrected chi connectivity index (χ2v) is 7.23. The van der Waals surface area contributed by atoms with Crippen LogP contribution in [0.15, 0.2) is 47.6 Å². The predicted molar refractivity (Wildman–Crippen MR) is 97.4 cm³/mol. The van der Waals surface area contributed by atoms with Gasteiger partial charge in [-0.1, -0.05) is 47.6 Å². The molecule has 0 radical (unpaired) electrons. The zero-order valence-electron chi connectivity index (χ0n) is 13.0. The first-order chi connectivity index (χ1) is 11.7. The van der Waals surface area contributed by atoms with E-state index in [9.17, 15) is 4.79 Å². The number of carbonyl (C=O) groups is 1. The van der Waals surface area contributed by atoms with E-state index in [1.165, 1.54) is 22.9 Å². The third-order valence-corrected chi connectivity index (χ3v) is 5.33. The number of H-pyrrole nitrogens is 1. The summed E-state index contributed by atoms with van der Waals surface area (Å²) >= 11 is 7.42. The lowest BCUT2D eigenvalue weighted by atomic mass is 10.00. The summed E-state index contributed by atoms with van der Waals surface area (Å²) in [6.07, 6.45) is 0.926. The molecule has 24 heavy (non-hydrogen) atoms. The van der Waals surface area contributed by atoms with Crippen LogP contribution < -0.4 is 0 Å². The van der Waals surface area contributed by atoms with Gasteiger partial charge >= 0.3 is 0 Å². The largest absolute Gasteiger partial charge is 0.337 e. The van der Waals surface area contributed by atoms with Crippen LogP contribution in [0.3, 0.4) is 0 Å². The zero-order chi connectivity index (χ0) is 16.5. The van der Waals surface area contributed by atoms with E-state index in [4.69, 9.17) is 11.6 Å². The molecule has 0 saturated heterocycles. The number of thioether (sulfide) groups is 1. The summed E-state index contributed by atoms with van der Waals surface area (Å²) in [4.78, 5) is 22.1. The SMILES string of the molecule is O=C(CSc1nc2ccc(Cl)cc2[nH]1)N1CCc2ccccc2C1.